The molecule has 3 aromatic carbocycles. The molecule has 2 aliphatic rings. The van der Waals surface area contributed by atoms with E-state index < -0.39 is 21.8 Å². The number of anilines is 1. The van der Waals surface area contributed by atoms with Crippen LogP contribution in [0.3, 0.4) is 0 Å². The minimum atomic E-state index is -3.84. The highest BCUT2D eigenvalue weighted by atomic mass is 32.2. The molecule has 3 aromatic rings. The summed E-state index contributed by atoms with van der Waals surface area (Å²) in [7, 11) is -1.90. The molecule has 0 unspecified atom stereocenters. The summed E-state index contributed by atoms with van der Waals surface area (Å²) < 4.78 is 28.3. The molecular formula is C27H25N3O5S. The molecule has 36 heavy (non-hydrogen) atoms. The van der Waals surface area contributed by atoms with Crippen molar-refractivity contribution in [3.8, 4) is 0 Å². The van der Waals surface area contributed by atoms with Gasteiger partial charge < -0.3 is 10.0 Å². The molecule has 0 aliphatic carbocycles. The van der Waals surface area contributed by atoms with Crippen molar-refractivity contribution in [1.29, 1.82) is 0 Å². The number of imide groups is 1. The minimum absolute atomic E-state index is 0.00553. The van der Waals surface area contributed by atoms with Crippen LogP contribution >= 0.6 is 0 Å². The van der Waals surface area contributed by atoms with Gasteiger partial charge >= 0.3 is 0 Å². The van der Waals surface area contributed by atoms with Gasteiger partial charge in [-0.05, 0) is 37.4 Å². The van der Waals surface area contributed by atoms with E-state index in [1.54, 1.807) is 60.7 Å². The maximum absolute atomic E-state index is 13.6. The highest BCUT2D eigenvalue weighted by Gasteiger charge is 2.41. The van der Waals surface area contributed by atoms with Gasteiger partial charge in [0.25, 0.3) is 11.8 Å². The van der Waals surface area contributed by atoms with Crippen LogP contribution in [0.5, 0.6) is 0 Å². The van der Waals surface area contributed by atoms with Crippen molar-refractivity contribution in [3.05, 3.63) is 95.6 Å². The molecular weight excluding hydrogens is 478 g/mol. The number of piperazine rings is 1. The molecule has 1 fully saturated rings. The summed E-state index contributed by atoms with van der Waals surface area (Å²) in [5, 5.41) is 11.1. The van der Waals surface area contributed by atoms with Crippen LogP contribution in [0.4, 0.5) is 5.69 Å². The zero-order valence-corrected chi connectivity index (χ0v) is 20.5. The first-order valence-electron chi connectivity index (χ1n) is 11.5. The Hall–Kier alpha value is -3.79. The summed E-state index contributed by atoms with van der Waals surface area (Å²) in [6.07, 6.45) is 0. The molecule has 1 N–H and O–H groups in total. The van der Waals surface area contributed by atoms with Crippen molar-refractivity contribution in [2.45, 2.75) is 4.90 Å². The highest BCUT2D eigenvalue weighted by Crippen LogP contribution is 2.42. The predicted molar refractivity (Wildman–Crippen MR) is 137 cm³/mol. The monoisotopic (exact) mass is 503 g/mol. The fraction of sp³-hybridized carbons (Fsp3) is 0.185. The molecule has 0 saturated carbocycles. The largest absolute Gasteiger partial charge is 0.506 e. The van der Waals surface area contributed by atoms with E-state index in [1.807, 2.05) is 7.05 Å². The third-order valence-corrected chi connectivity index (χ3v) is 8.40. The van der Waals surface area contributed by atoms with Crippen LogP contribution < -0.4 is 4.90 Å². The Morgan fingerprint density at radius 2 is 1.42 bits per heavy atom. The van der Waals surface area contributed by atoms with E-state index in [2.05, 4.69) is 4.90 Å². The molecule has 0 spiro atoms. The van der Waals surface area contributed by atoms with Gasteiger partial charge in [-0.25, -0.2) is 13.3 Å². The van der Waals surface area contributed by atoms with Crippen molar-refractivity contribution in [2.75, 3.05) is 38.1 Å². The number of sulfonamides is 1. The van der Waals surface area contributed by atoms with Gasteiger partial charge in [0, 0.05) is 42.9 Å². The Kier molecular flexibility index (Phi) is 6.21. The maximum atomic E-state index is 13.6. The smallest absolute Gasteiger partial charge is 0.269 e. The Balaban J connectivity index is 1.65. The number of aliphatic hydroxyl groups is 1. The lowest BCUT2D eigenvalue weighted by molar-refractivity contribution is -0.112. The fourth-order valence-electron chi connectivity index (χ4n) is 4.47. The van der Waals surface area contributed by atoms with Crippen LogP contribution in [0.15, 0.2) is 83.8 Å². The van der Waals surface area contributed by atoms with Crippen molar-refractivity contribution in [2.24, 2.45) is 0 Å². The van der Waals surface area contributed by atoms with E-state index in [0.29, 0.717) is 37.3 Å². The summed E-state index contributed by atoms with van der Waals surface area (Å²) in [6.45, 7) is 1.93. The van der Waals surface area contributed by atoms with Gasteiger partial charge in [0.1, 0.15) is 5.76 Å². The third kappa shape index (κ3) is 4.11. The number of amides is 2. The first kappa shape index (κ1) is 23.9. The number of nitrogens with zero attached hydrogens (tertiary/aromatic N) is 3. The lowest BCUT2D eigenvalue weighted by Gasteiger charge is -2.31. The molecule has 184 valence electrons. The lowest BCUT2D eigenvalue weighted by atomic mass is 10.0. The third-order valence-electron chi connectivity index (χ3n) is 6.50. The molecule has 5 rings (SSSR count). The second-order valence-corrected chi connectivity index (χ2v) is 10.7. The summed E-state index contributed by atoms with van der Waals surface area (Å²) >= 11 is 0. The highest BCUT2D eigenvalue weighted by molar-refractivity contribution is 7.89. The maximum Gasteiger partial charge on any atom is 0.269 e. The Labute approximate surface area is 209 Å². The summed E-state index contributed by atoms with van der Waals surface area (Å²) in [5.41, 5.74) is 0.986. The van der Waals surface area contributed by atoms with Crippen LogP contribution in [0, 0.1) is 0 Å². The Morgan fingerprint density at radius 3 is 2.03 bits per heavy atom. The number of fused-ring (bicyclic) bond motifs is 1. The molecule has 0 aromatic heterocycles. The van der Waals surface area contributed by atoms with Crippen molar-refractivity contribution in [3.63, 3.8) is 0 Å². The normalized spacial score (nSPS) is 18.2. The van der Waals surface area contributed by atoms with Gasteiger partial charge in [0.05, 0.1) is 16.2 Å². The summed E-state index contributed by atoms with van der Waals surface area (Å²) in [6, 6.07) is 21.1. The Morgan fingerprint density at radius 1 is 0.833 bits per heavy atom. The molecule has 2 aliphatic heterocycles. The number of carbonyl (C=O) groups excluding carboxylic acids is 2. The van der Waals surface area contributed by atoms with Crippen molar-refractivity contribution >= 4 is 38.9 Å². The van der Waals surface area contributed by atoms with E-state index in [0.717, 1.165) is 4.90 Å². The van der Waals surface area contributed by atoms with Crippen LogP contribution in [0.25, 0.3) is 11.3 Å². The van der Waals surface area contributed by atoms with Crippen LogP contribution in [-0.4, -0.2) is 67.8 Å². The van der Waals surface area contributed by atoms with Gasteiger partial charge in [-0.2, -0.15) is 4.31 Å². The zero-order valence-electron chi connectivity index (χ0n) is 19.7. The van der Waals surface area contributed by atoms with E-state index in [1.165, 1.54) is 22.5 Å². The standard InChI is InChI=1S/C27H25N3O5S/c1-28-14-16-29(17-15-28)36(34,35)21-12-13-23-22(18-21)24(25(31)19-8-4-2-5-9-19)27(33)30(23)26(32)20-10-6-3-7-11-20/h2-13,18,31H,14-17H2,1H3/b25-24-. The second kappa shape index (κ2) is 9.34. The van der Waals surface area contributed by atoms with Gasteiger partial charge in [-0.3, -0.25) is 9.59 Å². The number of hydrogen-bond acceptors (Lipinski definition) is 6. The van der Waals surface area contributed by atoms with Crippen molar-refractivity contribution < 1.29 is 23.1 Å². The van der Waals surface area contributed by atoms with Crippen LogP contribution in [0.2, 0.25) is 0 Å². The number of aliphatic hydroxyl groups excluding tert-OH is 1. The quantitative estimate of drug-likeness (QED) is 0.334. The van der Waals surface area contributed by atoms with Gasteiger partial charge in [0.15, 0.2) is 0 Å². The summed E-state index contributed by atoms with van der Waals surface area (Å²) in [4.78, 5) is 30.0. The van der Waals surface area contributed by atoms with E-state index in [-0.39, 0.29) is 27.5 Å². The number of carbonyl (C=O) groups is 2. The SMILES string of the molecule is CN1CCN(S(=O)(=O)c2ccc3c(c2)/C(=C(/O)c2ccccc2)C(=O)N3C(=O)c2ccccc2)CC1. The molecule has 2 amide bonds. The molecule has 0 atom stereocenters. The molecule has 2 heterocycles. The average Bonchev–Trinajstić information content (AvgIpc) is 3.20. The molecule has 0 bridgehead atoms. The van der Waals surface area contributed by atoms with E-state index in [4.69, 9.17) is 0 Å². The van der Waals surface area contributed by atoms with Gasteiger partial charge in [-0.1, -0.05) is 48.5 Å². The number of likely N-dealkylation sites (N-methyl/N-ethyl adjacent to an activating group) is 1. The van der Waals surface area contributed by atoms with Gasteiger partial charge in [-0.15, -0.1) is 0 Å². The molecule has 8 nitrogen and oxygen atoms in total. The number of benzene rings is 3. The van der Waals surface area contributed by atoms with Crippen LogP contribution in [-0.2, 0) is 14.8 Å². The fourth-order valence-corrected chi connectivity index (χ4v) is 5.91. The van der Waals surface area contributed by atoms with Gasteiger partial charge in [0.2, 0.25) is 10.0 Å². The zero-order chi connectivity index (χ0) is 25.4. The van der Waals surface area contributed by atoms with Crippen LogP contribution in [0.1, 0.15) is 21.5 Å². The number of hydrogen-bond donors (Lipinski definition) is 1. The predicted octanol–water partition coefficient (Wildman–Crippen LogP) is 3.24. The van der Waals surface area contributed by atoms with E-state index in [9.17, 15) is 23.1 Å². The summed E-state index contributed by atoms with van der Waals surface area (Å²) in [5.74, 6) is -1.60. The minimum Gasteiger partial charge on any atom is -0.506 e. The molecule has 1 saturated heterocycles. The molecule has 0 radical (unpaired) electrons. The van der Waals surface area contributed by atoms with Crippen molar-refractivity contribution in [1.82, 2.24) is 9.21 Å². The Bertz CT molecular complexity index is 1460. The van der Waals surface area contributed by atoms with E-state index >= 15 is 0 Å². The topological polar surface area (TPSA) is 98.2 Å². The first-order chi connectivity index (χ1) is 17.3. The average molecular weight is 504 g/mol. The lowest BCUT2D eigenvalue weighted by Crippen LogP contribution is -2.47. The first-order valence-corrected chi connectivity index (χ1v) is 13.0. The number of rotatable bonds is 4. The second-order valence-electron chi connectivity index (χ2n) is 8.79. The molecule has 9 heteroatoms.